The first-order valence-electron chi connectivity index (χ1n) is 7.93. The number of benzene rings is 1. The van der Waals surface area contributed by atoms with Crippen LogP contribution in [0.1, 0.15) is 49.3 Å². The Morgan fingerprint density at radius 3 is 2.67 bits per heavy atom. The summed E-state index contributed by atoms with van der Waals surface area (Å²) in [6.45, 7) is 7.39. The topological polar surface area (TPSA) is 38.3 Å². The van der Waals surface area contributed by atoms with Crippen molar-refractivity contribution in [3.05, 3.63) is 34.9 Å². The van der Waals surface area contributed by atoms with Crippen LogP contribution in [0.15, 0.2) is 18.2 Å². The monoisotopic (exact) mass is 291 g/mol. The predicted octanol–water partition coefficient (Wildman–Crippen LogP) is 3.56. The van der Waals surface area contributed by atoms with E-state index in [0.29, 0.717) is 6.42 Å². The first kappa shape index (κ1) is 17.7. The fourth-order valence-corrected chi connectivity index (χ4v) is 2.52. The summed E-state index contributed by atoms with van der Waals surface area (Å²) in [7, 11) is 1.45. The molecule has 1 unspecified atom stereocenters. The van der Waals surface area contributed by atoms with Crippen molar-refractivity contribution < 1.29 is 9.53 Å². The number of carbonyl (C=O) groups excluding carboxylic acids is 1. The van der Waals surface area contributed by atoms with Crippen molar-refractivity contribution in [1.29, 1.82) is 0 Å². The number of hydrogen-bond donors (Lipinski definition) is 1. The molecule has 0 aliphatic heterocycles. The number of aryl methyl sites for hydroxylation is 2. The van der Waals surface area contributed by atoms with Gasteiger partial charge in [0.2, 0.25) is 0 Å². The van der Waals surface area contributed by atoms with E-state index < -0.39 is 0 Å². The van der Waals surface area contributed by atoms with Gasteiger partial charge in [0.1, 0.15) is 0 Å². The first-order valence-corrected chi connectivity index (χ1v) is 7.93. The number of carbonyl (C=O) groups is 1. The van der Waals surface area contributed by atoms with Crippen LogP contribution in [-0.4, -0.2) is 25.7 Å². The Balaban J connectivity index is 2.64. The van der Waals surface area contributed by atoms with Gasteiger partial charge in [-0.2, -0.15) is 0 Å². The smallest absolute Gasteiger partial charge is 0.307 e. The van der Waals surface area contributed by atoms with E-state index in [0.717, 1.165) is 19.4 Å². The van der Waals surface area contributed by atoms with Crippen molar-refractivity contribution in [2.45, 2.75) is 58.9 Å². The van der Waals surface area contributed by atoms with E-state index in [9.17, 15) is 4.79 Å². The number of methoxy groups -OCH3 is 1. The van der Waals surface area contributed by atoms with E-state index in [2.05, 4.69) is 44.3 Å². The van der Waals surface area contributed by atoms with E-state index in [-0.39, 0.29) is 12.0 Å². The molecule has 0 heterocycles. The molecule has 1 aromatic rings. The highest BCUT2D eigenvalue weighted by molar-refractivity contribution is 5.70. The fourth-order valence-electron chi connectivity index (χ4n) is 2.52. The normalized spacial score (nSPS) is 12.2. The molecule has 0 radical (unpaired) electrons. The van der Waals surface area contributed by atoms with E-state index in [1.54, 1.807) is 0 Å². The summed E-state index contributed by atoms with van der Waals surface area (Å²) in [5.41, 5.74) is 3.87. The Bertz CT molecular complexity index is 443. The van der Waals surface area contributed by atoms with E-state index >= 15 is 0 Å². The summed E-state index contributed by atoms with van der Waals surface area (Å²) < 4.78 is 4.82. The maximum atomic E-state index is 11.6. The van der Waals surface area contributed by atoms with Crippen LogP contribution in [0.4, 0.5) is 0 Å². The van der Waals surface area contributed by atoms with Gasteiger partial charge in [-0.25, -0.2) is 0 Å². The van der Waals surface area contributed by atoms with Gasteiger partial charge in [0, 0.05) is 6.04 Å². The summed E-state index contributed by atoms with van der Waals surface area (Å²) >= 11 is 0. The molecule has 0 fully saturated rings. The lowest BCUT2D eigenvalue weighted by molar-refractivity contribution is -0.141. The molecule has 0 aliphatic carbocycles. The van der Waals surface area contributed by atoms with Gasteiger partial charge in [0.15, 0.2) is 0 Å². The fraction of sp³-hybridized carbons (Fsp3) is 0.611. The lowest BCUT2D eigenvalue weighted by atomic mass is 9.97. The average Bonchev–Trinajstić information content (AvgIpc) is 2.46. The van der Waals surface area contributed by atoms with Gasteiger partial charge in [-0.3, -0.25) is 4.79 Å². The van der Waals surface area contributed by atoms with Crippen molar-refractivity contribution in [2.75, 3.05) is 13.7 Å². The van der Waals surface area contributed by atoms with Crippen LogP contribution < -0.4 is 5.32 Å². The minimum absolute atomic E-state index is 0.146. The van der Waals surface area contributed by atoms with Crippen LogP contribution in [0.2, 0.25) is 0 Å². The van der Waals surface area contributed by atoms with Crippen LogP contribution in [-0.2, 0) is 16.0 Å². The van der Waals surface area contributed by atoms with Gasteiger partial charge >= 0.3 is 5.97 Å². The molecule has 1 rings (SSSR count). The van der Waals surface area contributed by atoms with Gasteiger partial charge in [0.25, 0.3) is 0 Å². The number of ether oxygens (including phenoxy) is 1. The maximum Gasteiger partial charge on any atom is 0.307 e. The second-order valence-corrected chi connectivity index (χ2v) is 5.77. The molecule has 1 N–H and O–H groups in total. The summed E-state index contributed by atoms with van der Waals surface area (Å²) in [5.74, 6) is -0.146. The average molecular weight is 291 g/mol. The first-order chi connectivity index (χ1) is 10.1. The van der Waals surface area contributed by atoms with Gasteiger partial charge in [-0.05, 0) is 44.4 Å². The molecule has 3 nitrogen and oxygen atoms in total. The zero-order valence-electron chi connectivity index (χ0n) is 13.9. The van der Waals surface area contributed by atoms with Crippen LogP contribution in [0.25, 0.3) is 0 Å². The number of esters is 1. The summed E-state index contributed by atoms with van der Waals surface area (Å²) in [6.07, 6.45) is 4.88. The number of nitrogens with one attached hydrogen (secondary N) is 1. The number of rotatable bonds is 9. The minimum atomic E-state index is -0.146. The molecule has 1 aromatic carbocycles. The molecule has 21 heavy (non-hydrogen) atoms. The third-order valence-corrected chi connectivity index (χ3v) is 3.82. The second-order valence-electron chi connectivity index (χ2n) is 5.77. The standard InChI is InChI=1S/C18H29NO2/c1-5-6-7-10-19-17(13-18(20)21-4)12-16-9-8-14(2)11-15(16)3/h8-9,11,17,19H,5-7,10,12-13H2,1-4H3. The van der Waals surface area contributed by atoms with Gasteiger partial charge in [-0.1, -0.05) is 43.5 Å². The largest absolute Gasteiger partial charge is 0.469 e. The Labute approximate surface area is 129 Å². The van der Waals surface area contributed by atoms with E-state index in [4.69, 9.17) is 4.74 Å². The van der Waals surface area contributed by atoms with Crippen molar-refractivity contribution in [2.24, 2.45) is 0 Å². The molecule has 118 valence electrons. The Kier molecular flexibility index (Phi) is 8.06. The van der Waals surface area contributed by atoms with Crippen molar-refractivity contribution in [1.82, 2.24) is 5.32 Å². The highest BCUT2D eigenvalue weighted by Crippen LogP contribution is 2.14. The van der Waals surface area contributed by atoms with E-state index in [1.165, 1.54) is 36.6 Å². The Morgan fingerprint density at radius 2 is 2.05 bits per heavy atom. The van der Waals surface area contributed by atoms with Crippen molar-refractivity contribution in [3.8, 4) is 0 Å². The maximum absolute atomic E-state index is 11.6. The molecule has 0 saturated carbocycles. The van der Waals surface area contributed by atoms with Gasteiger partial charge < -0.3 is 10.1 Å². The highest BCUT2D eigenvalue weighted by atomic mass is 16.5. The highest BCUT2D eigenvalue weighted by Gasteiger charge is 2.15. The van der Waals surface area contributed by atoms with Crippen LogP contribution >= 0.6 is 0 Å². The van der Waals surface area contributed by atoms with Crippen molar-refractivity contribution >= 4 is 5.97 Å². The number of hydrogen-bond acceptors (Lipinski definition) is 3. The summed E-state index contributed by atoms with van der Waals surface area (Å²) in [6, 6.07) is 6.65. The predicted molar refractivity (Wildman–Crippen MR) is 87.6 cm³/mol. The Morgan fingerprint density at radius 1 is 1.29 bits per heavy atom. The van der Waals surface area contributed by atoms with Crippen LogP contribution in [0.5, 0.6) is 0 Å². The van der Waals surface area contributed by atoms with Gasteiger partial charge in [-0.15, -0.1) is 0 Å². The molecule has 0 bridgehead atoms. The molecular formula is C18H29NO2. The molecule has 0 aromatic heterocycles. The van der Waals surface area contributed by atoms with Crippen LogP contribution in [0.3, 0.4) is 0 Å². The zero-order valence-corrected chi connectivity index (χ0v) is 13.9. The number of unbranched alkanes of at least 4 members (excludes halogenated alkanes) is 2. The summed E-state index contributed by atoms with van der Waals surface area (Å²) in [4.78, 5) is 11.6. The van der Waals surface area contributed by atoms with Crippen molar-refractivity contribution in [3.63, 3.8) is 0 Å². The molecule has 0 amide bonds. The summed E-state index contributed by atoms with van der Waals surface area (Å²) in [5, 5.41) is 3.51. The lowest BCUT2D eigenvalue weighted by Gasteiger charge is -2.19. The lowest BCUT2D eigenvalue weighted by Crippen LogP contribution is -2.34. The molecule has 0 saturated heterocycles. The Hall–Kier alpha value is -1.35. The quantitative estimate of drug-likeness (QED) is 0.558. The minimum Gasteiger partial charge on any atom is -0.469 e. The van der Waals surface area contributed by atoms with Gasteiger partial charge in [0.05, 0.1) is 13.5 Å². The SMILES string of the molecule is CCCCCNC(CC(=O)OC)Cc1ccc(C)cc1C. The molecule has 3 heteroatoms. The third kappa shape index (κ3) is 6.76. The zero-order chi connectivity index (χ0) is 15.7. The van der Waals surface area contributed by atoms with Crippen LogP contribution in [0, 0.1) is 13.8 Å². The molecule has 0 spiro atoms. The molecular weight excluding hydrogens is 262 g/mol. The molecule has 1 atom stereocenters. The molecule has 0 aliphatic rings. The third-order valence-electron chi connectivity index (χ3n) is 3.82. The second kappa shape index (κ2) is 9.56. The van der Waals surface area contributed by atoms with E-state index in [1.807, 2.05) is 0 Å².